The number of rotatable bonds is 7. The summed E-state index contributed by atoms with van der Waals surface area (Å²) in [5.41, 5.74) is 8.20. The van der Waals surface area contributed by atoms with Crippen molar-refractivity contribution in [2.45, 2.75) is 46.4 Å². The molecule has 0 aliphatic carbocycles. The molecule has 224 valence electrons. The zero-order valence-electron chi connectivity index (χ0n) is 26.3. The van der Waals surface area contributed by atoms with Crippen LogP contribution < -0.4 is 4.90 Å². The van der Waals surface area contributed by atoms with Crippen molar-refractivity contribution < 1.29 is 9.53 Å². The van der Waals surface area contributed by atoms with Gasteiger partial charge in [0.1, 0.15) is 0 Å². The molecular formula is C40H37N3O2. The minimum atomic E-state index is -1.11. The molecule has 0 bridgehead atoms. The first kappa shape index (κ1) is 27.5. The minimum absolute atomic E-state index is 0.289. The SMILES string of the molecule is CCN(CC)c1ccc2c(c1)C(c1ccc3c(c1)c1ccccc1n3CC)(c1ccc3c(c1)c1ccccc1n3CC)OC2=O. The molecule has 0 fully saturated rings. The van der Waals surface area contributed by atoms with Gasteiger partial charge in [0.25, 0.3) is 0 Å². The van der Waals surface area contributed by atoms with E-state index < -0.39 is 5.60 Å². The van der Waals surface area contributed by atoms with Gasteiger partial charge in [0.05, 0.1) is 5.56 Å². The summed E-state index contributed by atoms with van der Waals surface area (Å²) in [6, 6.07) is 36.6. The monoisotopic (exact) mass is 591 g/mol. The van der Waals surface area contributed by atoms with Gasteiger partial charge in [-0.25, -0.2) is 4.79 Å². The number of cyclic esters (lactones) is 1. The first-order chi connectivity index (χ1) is 22.0. The van der Waals surface area contributed by atoms with Crippen LogP contribution in [0, 0.1) is 0 Å². The number of fused-ring (bicyclic) bond motifs is 7. The van der Waals surface area contributed by atoms with E-state index >= 15 is 0 Å². The maximum atomic E-state index is 13.9. The Bertz CT molecular complexity index is 2160. The fourth-order valence-electron chi connectivity index (χ4n) is 7.86. The third-order valence-electron chi connectivity index (χ3n) is 9.97. The molecule has 45 heavy (non-hydrogen) atoms. The van der Waals surface area contributed by atoms with Crippen molar-refractivity contribution in [3.05, 3.63) is 125 Å². The predicted molar refractivity (Wildman–Crippen MR) is 186 cm³/mol. The quantitative estimate of drug-likeness (QED) is 0.174. The first-order valence-corrected chi connectivity index (χ1v) is 16.2. The Morgan fingerprint density at radius 1 is 0.600 bits per heavy atom. The van der Waals surface area contributed by atoms with Crippen LogP contribution in [-0.4, -0.2) is 28.2 Å². The van der Waals surface area contributed by atoms with E-state index in [1.165, 1.54) is 32.8 Å². The number of hydrogen-bond donors (Lipinski definition) is 0. The molecule has 0 unspecified atom stereocenters. The van der Waals surface area contributed by atoms with Crippen LogP contribution in [0.1, 0.15) is 54.7 Å². The van der Waals surface area contributed by atoms with Gasteiger partial charge in [0.2, 0.25) is 0 Å². The zero-order valence-corrected chi connectivity index (χ0v) is 26.3. The molecule has 0 atom stereocenters. The van der Waals surface area contributed by atoms with Gasteiger partial charge in [0, 0.05) is 92.2 Å². The summed E-state index contributed by atoms with van der Waals surface area (Å²) < 4.78 is 11.4. The fourth-order valence-corrected chi connectivity index (χ4v) is 7.86. The number of hydrogen-bond acceptors (Lipinski definition) is 3. The number of esters is 1. The van der Waals surface area contributed by atoms with Gasteiger partial charge in [-0.2, -0.15) is 0 Å². The normalized spacial score (nSPS) is 14.1. The van der Waals surface area contributed by atoms with Crippen LogP contribution in [0.25, 0.3) is 43.6 Å². The van der Waals surface area contributed by atoms with Crippen molar-refractivity contribution in [2.75, 3.05) is 18.0 Å². The highest BCUT2D eigenvalue weighted by Crippen LogP contribution is 2.50. The van der Waals surface area contributed by atoms with Crippen molar-refractivity contribution in [1.29, 1.82) is 0 Å². The molecule has 5 heteroatoms. The van der Waals surface area contributed by atoms with E-state index in [1.807, 2.05) is 6.07 Å². The topological polar surface area (TPSA) is 39.4 Å². The molecule has 0 amide bonds. The van der Waals surface area contributed by atoms with E-state index in [2.05, 4.69) is 139 Å². The third kappa shape index (κ3) is 3.76. The number of para-hydroxylation sites is 2. The van der Waals surface area contributed by atoms with Gasteiger partial charge < -0.3 is 18.8 Å². The Morgan fingerprint density at radius 2 is 1.11 bits per heavy atom. The molecule has 5 nitrogen and oxygen atoms in total. The van der Waals surface area contributed by atoms with Gasteiger partial charge >= 0.3 is 5.97 Å². The van der Waals surface area contributed by atoms with E-state index in [9.17, 15) is 4.79 Å². The van der Waals surface area contributed by atoms with Gasteiger partial charge in [0.15, 0.2) is 5.60 Å². The Kier molecular flexibility index (Phi) is 6.28. The van der Waals surface area contributed by atoms with Crippen LogP contribution in [0.15, 0.2) is 103 Å². The highest BCUT2D eigenvalue weighted by Gasteiger charge is 2.49. The fraction of sp³-hybridized carbons (Fsp3) is 0.225. The number of benzene rings is 5. The van der Waals surface area contributed by atoms with Crippen molar-refractivity contribution in [2.24, 2.45) is 0 Å². The third-order valence-corrected chi connectivity index (χ3v) is 9.97. The second kappa shape index (κ2) is 10.3. The molecule has 7 aromatic rings. The van der Waals surface area contributed by atoms with Crippen LogP contribution in [0.3, 0.4) is 0 Å². The Labute approximate surface area is 263 Å². The molecule has 1 aliphatic rings. The highest BCUT2D eigenvalue weighted by atomic mass is 16.6. The molecule has 2 aromatic heterocycles. The number of aryl methyl sites for hydroxylation is 2. The van der Waals surface area contributed by atoms with E-state index in [-0.39, 0.29) is 5.97 Å². The molecular weight excluding hydrogens is 554 g/mol. The van der Waals surface area contributed by atoms with Gasteiger partial charge in [-0.3, -0.25) is 0 Å². The predicted octanol–water partition coefficient (Wildman–Crippen LogP) is 9.25. The molecule has 0 saturated carbocycles. The maximum Gasteiger partial charge on any atom is 0.340 e. The van der Waals surface area contributed by atoms with E-state index in [1.54, 1.807) is 0 Å². The van der Waals surface area contributed by atoms with Gasteiger partial charge in [-0.1, -0.05) is 48.5 Å². The lowest BCUT2D eigenvalue weighted by Gasteiger charge is -2.31. The number of anilines is 1. The Morgan fingerprint density at radius 3 is 1.62 bits per heavy atom. The van der Waals surface area contributed by atoms with E-state index in [0.717, 1.165) is 59.3 Å². The number of aromatic nitrogens is 2. The molecule has 0 spiro atoms. The molecule has 3 heterocycles. The summed E-state index contributed by atoms with van der Waals surface area (Å²) >= 11 is 0. The standard InChI is InChI=1S/C40H37N3O2/c1-5-41(6-2)28-19-20-31-34(25-28)40(45-39(31)44,26-17-21-37-32(23-26)29-13-9-11-15-35(29)42(37)7-3)27-18-22-38-33(24-27)30-14-10-12-16-36(30)43(38)8-4/h9-25H,5-8H2,1-4H3. The zero-order chi connectivity index (χ0) is 30.9. The minimum Gasteiger partial charge on any atom is -0.441 e. The number of carbonyl (C=O) groups is 1. The summed E-state index contributed by atoms with van der Waals surface area (Å²) in [6.07, 6.45) is 0. The van der Waals surface area contributed by atoms with E-state index in [0.29, 0.717) is 5.56 Å². The summed E-state index contributed by atoms with van der Waals surface area (Å²) in [4.78, 5) is 16.2. The summed E-state index contributed by atoms with van der Waals surface area (Å²) in [5.74, 6) is -0.289. The van der Waals surface area contributed by atoms with Crippen LogP contribution >= 0.6 is 0 Å². The molecule has 1 aliphatic heterocycles. The maximum absolute atomic E-state index is 13.9. The van der Waals surface area contributed by atoms with Crippen molar-refractivity contribution >= 4 is 55.3 Å². The molecule has 0 radical (unpaired) electrons. The molecule has 5 aromatic carbocycles. The van der Waals surface area contributed by atoms with Crippen LogP contribution in [0.2, 0.25) is 0 Å². The molecule has 0 saturated heterocycles. The second-order valence-corrected chi connectivity index (χ2v) is 12.0. The lowest BCUT2D eigenvalue weighted by atomic mass is 9.79. The Balaban J connectivity index is 1.47. The van der Waals surface area contributed by atoms with Crippen molar-refractivity contribution in [1.82, 2.24) is 9.13 Å². The first-order valence-electron chi connectivity index (χ1n) is 16.2. The average molecular weight is 592 g/mol. The Hall–Kier alpha value is -5.03. The summed E-state index contributed by atoms with van der Waals surface area (Å²) in [7, 11) is 0. The number of carbonyl (C=O) groups excluding carboxylic acids is 1. The van der Waals surface area contributed by atoms with Gasteiger partial charge in [-0.15, -0.1) is 0 Å². The van der Waals surface area contributed by atoms with Gasteiger partial charge in [-0.05, 0) is 82.3 Å². The second-order valence-electron chi connectivity index (χ2n) is 12.0. The summed E-state index contributed by atoms with van der Waals surface area (Å²) in [5, 5.41) is 4.73. The van der Waals surface area contributed by atoms with Crippen LogP contribution in [0.5, 0.6) is 0 Å². The molecule has 0 N–H and O–H groups in total. The summed E-state index contributed by atoms with van der Waals surface area (Å²) in [6.45, 7) is 12.2. The smallest absolute Gasteiger partial charge is 0.340 e. The average Bonchev–Trinajstić information content (AvgIpc) is 3.69. The lowest BCUT2D eigenvalue weighted by molar-refractivity contribution is 0.0252. The van der Waals surface area contributed by atoms with Crippen molar-refractivity contribution in [3.63, 3.8) is 0 Å². The number of nitrogens with zero attached hydrogens (tertiary/aromatic N) is 3. The lowest BCUT2D eigenvalue weighted by Crippen LogP contribution is -2.30. The molecule has 8 rings (SSSR count). The van der Waals surface area contributed by atoms with Crippen molar-refractivity contribution in [3.8, 4) is 0 Å². The largest absolute Gasteiger partial charge is 0.441 e. The van der Waals surface area contributed by atoms with Crippen LogP contribution in [-0.2, 0) is 23.4 Å². The number of ether oxygens (including phenoxy) is 1. The highest BCUT2D eigenvalue weighted by molar-refractivity contribution is 6.10. The van der Waals surface area contributed by atoms with Crippen LogP contribution in [0.4, 0.5) is 5.69 Å². The van der Waals surface area contributed by atoms with E-state index in [4.69, 9.17) is 4.74 Å².